The molecule has 2 heterocycles. The molecular formula is C12H13BrN2OS. The molecule has 2 aromatic rings. The van der Waals surface area contributed by atoms with E-state index in [2.05, 4.69) is 26.2 Å². The zero-order chi connectivity index (χ0) is 12.1. The first-order chi connectivity index (χ1) is 8.29. The van der Waals surface area contributed by atoms with Gasteiger partial charge in [0.15, 0.2) is 0 Å². The van der Waals surface area contributed by atoms with Crippen LogP contribution in [0, 0.1) is 0 Å². The second-order valence-electron chi connectivity index (χ2n) is 3.48. The third-order valence-electron chi connectivity index (χ3n) is 2.14. The Morgan fingerprint density at radius 1 is 1.35 bits per heavy atom. The minimum Gasteiger partial charge on any atom is -0.464 e. The Balaban J connectivity index is 1.95. The highest BCUT2D eigenvalue weighted by Gasteiger charge is 2.05. The Kier molecular flexibility index (Phi) is 4.65. The van der Waals surface area contributed by atoms with Crippen LogP contribution in [-0.2, 0) is 12.3 Å². The smallest absolute Gasteiger partial charge is 0.117 e. The van der Waals surface area contributed by atoms with Crippen molar-refractivity contribution in [3.8, 4) is 0 Å². The van der Waals surface area contributed by atoms with Gasteiger partial charge < -0.3 is 9.73 Å². The molecule has 3 nitrogen and oxygen atoms in total. The predicted octanol–water partition coefficient (Wildman–Crippen LogP) is 3.45. The van der Waals surface area contributed by atoms with E-state index < -0.39 is 0 Å². The molecule has 0 aliphatic rings. The van der Waals surface area contributed by atoms with Crippen LogP contribution in [0.1, 0.15) is 11.5 Å². The van der Waals surface area contributed by atoms with Crippen molar-refractivity contribution in [1.29, 1.82) is 0 Å². The third-order valence-corrected chi connectivity index (χ3v) is 4.07. The number of halogens is 1. The molecule has 0 saturated heterocycles. The highest BCUT2D eigenvalue weighted by atomic mass is 79.9. The molecule has 0 fully saturated rings. The zero-order valence-electron chi connectivity index (χ0n) is 9.44. The van der Waals surface area contributed by atoms with Crippen molar-refractivity contribution < 1.29 is 4.42 Å². The number of pyridine rings is 1. The quantitative estimate of drug-likeness (QED) is 0.858. The molecule has 2 rings (SSSR count). The van der Waals surface area contributed by atoms with Gasteiger partial charge in [-0.2, -0.15) is 0 Å². The number of thioether (sulfide) groups is 1. The van der Waals surface area contributed by atoms with Crippen LogP contribution in [0.4, 0.5) is 0 Å². The van der Waals surface area contributed by atoms with Crippen molar-refractivity contribution in [1.82, 2.24) is 10.3 Å². The van der Waals surface area contributed by atoms with Gasteiger partial charge >= 0.3 is 0 Å². The van der Waals surface area contributed by atoms with Gasteiger partial charge in [0.2, 0.25) is 0 Å². The summed E-state index contributed by atoms with van der Waals surface area (Å²) in [6.07, 6.45) is 1.79. The molecule has 5 heteroatoms. The van der Waals surface area contributed by atoms with Gasteiger partial charge in [-0.05, 0) is 47.2 Å². The Labute approximate surface area is 113 Å². The second kappa shape index (κ2) is 6.23. The molecule has 0 spiro atoms. The average Bonchev–Trinajstić information content (AvgIpc) is 2.76. The third kappa shape index (κ3) is 3.59. The van der Waals surface area contributed by atoms with Gasteiger partial charge in [0.1, 0.15) is 16.5 Å². The van der Waals surface area contributed by atoms with E-state index in [1.165, 1.54) is 0 Å². The lowest BCUT2D eigenvalue weighted by Crippen LogP contribution is -2.03. The van der Waals surface area contributed by atoms with Crippen LogP contribution in [0.5, 0.6) is 0 Å². The lowest BCUT2D eigenvalue weighted by Gasteiger charge is -2.00. The molecule has 0 bridgehead atoms. The lowest BCUT2D eigenvalue weighted by atomic mass is 10.4. The number of nitrogens with zero attached hydrogens (tertiary/aromatic N) is 1. The average molecular weight is 313 g/mol. The SMILES string of the molecule is CNCc1ccc(CSc2ncccc2Br)o1. The van der Waals surface area contributed by atoms with Crippen molar-refractivity contribution in [3.05, 3.63) is 46.5 Å². The fraction of sp³-hybridized carbons (Fsp3) is 0.250. The molecule has 0 saturated carbocycles. The summed E-state index contributed by atoms with van der Waals surface area (Å²) >= 11 is 5.14. The summed E-state index contributed by atoms with van der Waals surface area (Å²) in [5.41, 5.74) is 0. The number of aromatic nitrogens is 1. The van der Waals surface area contributed by atoms with E-state index in [-0.39, 0.29) is 0 Å². The van der Waals surface area contributed by atoms with Crippen molar-refractivity contribution in [3.63, 3.8) is 0 Å². The van der Waals surface area contributed by atoms with E-state index >= 15 is 0 Å². The number of furan rings is 1. The summed E-state index contributed by atoms with van der Waals surface area (Å²) < 4.78 is 6.68. The molecular weight excluding hydrogens is 300 g/mol. The number of rotatable bonds is 5. The fourth-order valence-corrected chi connectivity index (χ4v) is 2.76. The van der Waals surface area contributed by atoms with Gasteiger partial charge in [0, 0.05) is 10.7 Å². The normalized spacial score (nSPS) is 10.7. The van der Waals surface area contributed by atoms with E-state index in [1.54, 1.807) is 18.0 Å². The van der Waals surface area contributed by atoms with Crippen LogP contribution < -0.4 is 5.32 Å². The Morgan fingerprint density at radius 2 is 2.18 bits per heavy atom. The van der Waals surface area contributed by atoms with Crippen LogP contribution in [0.3, 0.4) is 0 Å². The minimum absolute atomic E-state index is 0.762. The molecule has 0 aliphatic carbocycles. The summed E-state index contributed by atoms with van der Waals surface area (Å²) in [5.74, 6) is 2.72. The fourth-order valence-electron chi connectivity index (χ4n) is 1.39. The highest BCUT2D eigenvalue weighted by Crippen LogP contribution is 2.28. The molecule has 17 heavy (non-hydrogen) atoms. The van der Waals surface area contributed by atoms with Gasteiger partial charge in [-0.3, -0.25) is 0 Å². The molecule has 1 N–H and O–H groups in total. The van der Waals surface area contributed by atoms with E-state index in [0.717, 1.165) is 33.3 Å². The van der Waals surface area contributed by atoms with Gasteiger partial charge in [-0.25, -0.2) is 4.98 Å². The van der Waals surface area contributed by atoms with Gasteiger partial charge in [0.05, 0.1) is 12.3 Å². The first kappa shape index (κ1) is 12.7. The first-order valence-corrected chi connectivity index (χ1v) is 7.03. The maximum absolute atomic E-state index is 5.66. The summed E-state index contributed by atoms with van der Waals surface area (Å²) in [7, 11) is 1.90. The Morgan fingerprint density at radius 3 is 2.94 bits per heavy atom. The van der Waals surface area contributed by atoms with Crippen LogP contribution in [-0.4, -0.2) is 12.0 Å². The van der Waals surface area contributed by atoms with Crippen LogP contribution in [0.2, 0.25) is 0 Å². The molecule has 2 aromatic heterocycles. The summed E-state index contributed by atoms with van der Waals surface area (Å²) in [5, 5.41) is 4.05. The number of hydrogen-bond acceptors (Lipinski definition) is 4. The number of hydrogen-bond donors (Lipinski definition) is 1. The van der Waals surface area contributed by atoms with E-state index in [4.69, 9.17) is 4.42 Å². The molecule has 90 valence electrons. The molecule has 0 unspecified atom stereocenters. The second-order valence-corrected chi connectivity index (χ2v) is 5.30. The maximum Gasteiger partial charge on any atom is 0.117 e. The first-order valence-electron chi connectivity index (χ1n) is 5.25. The predicted molar refractivity (Wildman–Crippen MR) is 73.0 cm³/mol. The van der Waals surface area contributed by atoms with Gasteiger partial charge in [-0.1, -0.05) is 11.8 Å². The van der Waals surface area contributed by atoms with Crippen molar-refractivity contribution in [2.75, 3.05) is 7.05 Å². The Bertz CT molecular complexity index is 487. The van der Waals surface area contributed by atoms with Crippen molar-refractivity contribution in [2.45, 2.75) is 17.3 Å². The molecule has 0 aromatic carbocycles. The summed E-state index contributed by atoms with van der Waals surface area (Å²) in [6, 6.07) is 7.91. The van der Waals surface area contributed by atoms with E-state index in [1.807, 2.05) is 31.3 Å². The monoisotopic (exact) mass is 312 g/mol. The van der Waals surface area contributed by atoms with E-state index in [9.17, 15) is 0 Å². The van der Waals surface area contributed by atoms with E-state index in [0.29, 0.717) is 0 Å². The van der Waals surface area contributed by atoms with Gasteiger partial charge in [0.25, 0.3) is 0 Å². The number of nitrogens with one attached hydrogen (secondary N) is 1. The van der Waals surface area contributed by atoms with Gasteiger partial charge in [-0.15, -0.1) is 0 Å². The maximum atomic E-state index is 5.66. The Hall–Kier alpha value is -0.780. The lowest BCUT2D eigenvalue weighted by molar-refractivity contribution is 0.469. The molecule has 0 radical (unpaired) electrons. The van der Waals surface area contributed by atoms with Crippen molar-refractivity contribution in [2.24, 2.45) is 0 Å². The van der Waals surface area contributed by atoms with Crippen LogP contribution in [0.15, 0.2) is 44.4 Å². The van der Waals surface area contributed by atoms with Crippen LogP contribution >= 0.6 is 27.7 Å². The standard InChI is InChI=1S/C12H13BrN2OS/c1-14-7-9-4-5-10(16-9)8-17-12-11(13)3-2-6-15-12/h2-6,14H,7-8H2,1H3. The minimum atomic E-state index is 0.762. The van der Waals surface area contributed by atoms with Crippen molar-refractivity contribution >= 4 is 27.7 Å². The molecule has 0 atom stereocenters. The highest BCUT2D eigenvalue weighted by molar-refractivity contribution is 9.10. The van der Waals surface area contributed by atoms with Crippen LogP contribution in [0.25, 0.3) is 0 Å². The topological polar surface area (TPSA) is 38.1 Å². The zero-order valence-corrected chi connectivity index (χ0v) is 11.8. The molecule has 0 amide bonds. The summed E-state index contributed by atoms with van der Waals surface area (Å²) in [4.78, 5) is 4.30. The largest absolute Gasteiger partial charge is 0.464 e. The summed E-state index contributed by atoms with van der Waals surface area (Å²) in [6.45, 7) is 0.762. The molecule has 0 aliphatic heterocycles.